The zero-order valence-electron chi connectivity index (χ0n) is 9.43. The maximum absolute atomic E-state index is 9.86. The second-order valence-electron chi connectivity index (χ2n) is 3.19. The van der Waals surface area contributed by atoms with Gasteiger partial charge in [0, 0.05) is 0 Å². The van der Waals surface area contributed by atoms with Gasteiger partial charge in [0.1, 0.15) is 0 Å². The molecule has 6 nitrogen and oxygen atoms in total. The van der Waals surface area contributed by atoms with Crippen LogP contribution in [-0.4, -0.2) is 37.4 Å². The maximum atomic E-state index is 9.86. The summed E-state index contributed by atoms with van der Waals surface area (Å²) < 4.78 is 55.4. The number of hydrogen-bond acceptors (Lipinski definition) is 4. The first kappa shape index (κ1) is 16.8. The quantitative estimate of drug-likeness (QED) is 0.805. The Morgan fingerprint density at radius 3 is 1.56 bits per heavy atom. The highest BCUT2D eigenvalue weighted by atomic mass is 32.2. The summed E-state index contributed by atoms with van der Waals surface area (Å²) in [6.45, 7) is 3.63. The smallest absolute Gasteiger partial charge is 0.265 e. The summed E-state index contributed by atoms with van der Waals surface area (Å²) >= 11 is 0. The van der Waals surface area contributed by atoms with E-state index in [1.54, 1.807) is 0 Å². The Kier molecular flexibility index (Phi) is 6.77. The van der Waals surface area contributed by atoms with Crippen LogP contribution in [0.5, 0.6) is 0 Å². The van der Waals surface area contributed by atoms with Gasteiger partial charge < -0.3 is 0 Å². The Hall–Kier alpha value is -1.22. The summed E-state index contributed by atoms with van der Waals surface area (Å²) in [5.41, 5.74) is 1.17. The Bertz CT molecular complexity index is 528. The lowest BCUT2D eigenvalue weighted by Crippen LogP contribution is -2.15. The fourth-order valence-electron chi connectivity index (χ4n) is 0.800. The summed E-state index contributed by atoms with van der Waals surface area (Å²) in [5.74, 6) is -1.96. The summed E-state index contributed by atoms with van der Waals surface area (Å²) in [7, 11) is -8.59. The molecule has 0 radical (unpaired) electrons. The molecule has 0 bridgehead atoms. The molecule has 0 aliphatic carbocycles. The molecule has 0 fully saturated rings. The van der Waals surface area contributed by atoms with Crippen molar-refractivity contribution in [3.05, 3.63) is 42.5 Å². The summed E-state index contributed by atoms with van der Waals surface area (Å²) in [6.07, 6.45) is 1.83. The van der Waals surface area contributed by atoms with Gasteiger partial charge in [-0.25, -0.2) is 0 Å². The van der Waals surface area contributed by atoms with E-state index in [9.17, 15) is 16.8 Å². The molecule has 18 heavy (non-hydrogen) atoms. The highest BCUT2D eigenvalue weighted by Gasteiger charge is 2.11. The van der Waals surface area contributed by atoms with E-state index in [1.165, 1.54) is 5.56 Å². The van der Waals surface area contributed by atoms with Crippen LogP contribution < -0.4 is 0 Å². The lowest BCUT2D eigenvalue weighted by atomic mass is 10.2. The van der Waals surface area contributed by atoms with Gasteiger partial charge in [-0.2, -0.15) is 16.8 Å². The Balaban J connectivity index is 0.000000327. The predicted molar refractivity (Wildman–Crippen MR) is 69.4 cm³/mol. The number of rotatable bonds is 4. The van der Waals surface area contributed by atoms with Gasteiger partial charge in [-0.1, -0.05) is 43.0 Å². The molecule has 0 amide bonds. The number of benzene rings is 1. The first-order valence-electron chi connectivity index (χ1n) is 4.72. The van der Waals surface area contributed by atoms with Gasteiger partial charge in [0.05, 0.1) is 11.5 Å². The third kappa shape index (κ3) is 11.3. The monoisotopic (exact) mass is 294 g/mol. The van der Waals surface area contributed by atoms with Crippen LogP contribution in [0.15, 0.2) is 36.9 Å². The van der Waals surface area contributed by atoms with Gasteiger partial charge in [0.25, 0.3) is 20.2 Å². The first-order chi connectivity index (χ1) is 8.14. The van der Waals surface area contributed by atoms with E-state index in [-0.39, 0.29) is 0 Å². The van der Waals surface area contributed by atoms with E-state index in [0.29, 0.717) is 0 Å². The molecule has 0 heterocycles. The normalized spacial score (nSPS) is 11.2. The largest absolute Gasteiger partial charge is 0.286 e. The molecule has 1 rings (SSSR count). The molecule has 102 valence electrons. The van der Waals surface area contributed by atoms with Crippen LogP contribution in [0.4, 0.5) is 0 Å². The molecule has 0 aliphatic heterocycles. The van der Waals surface area contributed by atoms with Gasteiger partial charge in [-0.15, -0.1) is 0 Å². The number of hydrogen-bond donors (Lipinski definition) is 2. The van der Waals surface area contributed by atoms with Gasteiger partial charge >= 0.3 is 0 Å². The molecule has 1 aromatic carbocycles. The molecular weight excluding hydrogens is 280 g/mol. The molecule has 0 aliphatic rings. The zero-order valence-corrected chi connectivity index (χ0v) is 11.1. The third-order valence-corrected chi connectivity index (χ3v) is 3.33. The van der Waals surface area contributed by atoms with Crippen molar-refractivity contribution in [1.29, 1.82) is 0 Å². The van der Waals surface area contributed by atoms with Crippen molar-refractivity contribution >= 4 is 26.3 Å². The van der Waals surface area contributed by atoms with Crippen LogP contribution in [0.2, 0.25) is 0 Å². The zero-order chi connectivity index (χ0) is 14.2. The maximum Gasteiger partial charge on any atom is 0.265 e. The molecule has 2 N–H and O–H groups in total. The average Bonchev–Trinajstić information content (AvgIpc) is 2.27. The van der Waals surface area contributed by atoms with Gasteiger partial charge in [0.2, 0.25) is 0 Å². The average molecular weight is 294 g/mol. The molecule has 0 unspecified atom stereocenters. The first-order valence-corrected chi connectivity index (χ1v) is 7.94. The van der Waals surface area contributed by atoms with Crippen LogP contribution >= 0.6 is 0 Å². The van der Waals surface area contributed by atoms with Gasteiger partial charge in [0.15, 0.2) is 0 Å². The Morgan fingerprint density at radius 1 is 0.944 bits per heavy atom. The molecule has 0 spiro atoms. The molecule has 1 aromatic rings. The van der Waals surface area contributed by atoms with Crippen LogP contribution in [0.1, 0.15) is 5.56 Å². The standard InChI is InChI=1S/C8H8.C2H6O6S2/c1-2-8-6-4-3-5-7-8;3-9(4,5)1-2-10(6,7)8/h2-7H,1H2;1-2H2,(H,3,4,5)(H,6,7,8). The van der Waals surface area contributed by atoms with E-state index < -0.39 is 31.7 Å². The lowest BCUT2D eigenvalue weighted by Gasteiger charge is -1.92. The molecule has 0 saturated heterocycles. The van der Waals surface area contributed by atoms with Crippen molar-refractivity contribution in [2.45, 2.75) is 0 Å². The lowest BCUT2D eigenvalue weighted by molar-refractivity contribution is 0.472. The fraction of sp³-hybridized carbons (Fsp3) is 0.200. The third-order valence-electron chi connectivity index (χ3n) is 1.63. The van der Waals surface area contributed by atoms with E-state index in [1.807, 2.05) is 36.4 Å². The van der Waals surface area contributed by atoms with Gasteiger partial charge in [-0.05, 0) is 5.56 Å². The Morgan fingerprint density at radius 2 is 1.33 bits per heavy atom. The molecule has 0 saturated carbocycles. The highest BCUT2D eigenvalue weighted by molar-refractivity contribution is 7.89. The minimum atomic E-state index is -4.30. The highest BCUT2D eigenvalue weighted by Crippen LogP contribution is 1.97. The van der Waals surface area contributed by atoms with Crippen molar-refractivity contribution in [2.24, 2.45) is 0 Å². The summed E-state index contributed by atoms with van der Waals surface area (Å²) in [6, 6.07) is 10.0. The van der Waals surface area contributed by atoms with Crippen LogP contribution in [-0.2, 0) is 20.2 Å². The van der Waals surface area contributed by atoms with Crippen molar-refractivity contribution in [3.8, 4) is 0 Å². The molecule has 8 heteroatoms. The minimum Gasteiger partial charge on any atom is -0.286 e. The second kappa shape index (κ2) is 7.27. The second-order valence-corrected chi connectivity index (χ2v) is 6.33. The van der Waals surface area contributed by atoms with Crippen molar-refractivity contribution in [3.63, 3.8) is 0 Å². The minimum absolute atomic E-state index is 0.980. The fourth-order valence-corrected chi connectivity index (χ4v) is 2.48. The Labute approximate surface area is 106 Å². The van der Waals surface area contributed by atoms with Crippen molar-refractivity contribution < 1.29 is 25.9 Å². The van der Waals surface area contributed by atoms with Crippen molar-refractivity contribution in [2.75, 3.05) is 11.5 Å². The molecule has 0 atom stereocenters. The van der Waals surface area contributed by atoms with Crippen molar-refractivity contribution in [1.82, 2.24) is 0 Å². The van der Waals surface area contributed by atoms with E-state index >= 15 is 0 Å². The summed E-state index contributed by atoms with van der Waals surface area (Å²) in [5, 5.41) is 0. The predicted octanol–water partition coefficient (Wildman–Crippen LogP) is 1.09. The van der Waals surface area contributed by atoms with E-state index in [0.717, 1.165) is 0 Å². The molecular formula is C10H14O6S2. The van der Waals surface area contributed by atoms with Crippen LogP contribution in [0.3, 0.4) is 0 Å². The van der Waals surface area contributed by atoms with Gasteiger partial charge in [-0.3, -0.25) is 9.11 Å². The van der Waals surface area contributed by atoms with E-state index in [4.69, 9.17) is 9.11 Å². The SMILES string of the molecule is C=Cc1ccccc1.O=S(=O)(O)CCS(=O)(=O)O. The summed E-state index contributed by atoms with van der Waals surface area (Å²) in [4.78, 5) is 0. The topological polar surface area (TPSA) is 109 Å². The van der Waals surface area contributed by atoms with Crippen LogP contribution in [0, 0.1) is 0 Å². The molecule has 0 aromatic heterocycles. The van der Waals surface area contributed by atoms with Crippen LogP contribution in [0.25, 0.3) is 6.08 Å². The van der Waals surface area contributed by atoms with E-state index in [2.05, 4.69) is 6.58 Å².